The van der Waals surface area contributed by atoms with Crippen LogP contribution in [0.3, 0.4) is 0 Å². The highest BCUT2D eigenvalue weighted by Crippen LogP contribution is 2.32. The van der Waals surface area contributed by atoms with Crippen LogP contribution in [0.2, 0.25) is 0 Å². The summed E-state index contributed by atoms with van der Waals surface area (Å²) in [5.41, 5.74) is 1.52. The number of benzene rings is 2. The molecule has 0 spiro atoms. The molecule has 0 aliphatic carbocycles. The molecule has 1 saturated heterocycles. The first-order valence-corrected chi connectivity index (χ1v) is 7.87. The number of rotatable bonds is 2. The van der Waals surface area contributed by atoms with Crippen LogP contribution >= 0.6 is 11.8 Å². The van der Waals surface area contributed by atoms with Gasteiger partial charge < -0.3 is 10.0 Å². The minimum absolute atomic E-state index is 0.514. The maximum absolute atomic E-state index is 11.5. The molecule has 0 amide bonds. The molecule has 0 aromatic heterocycles. The van der Waals surface area contributed by atoms with Crippen molar-refractivity contribution >= 4 is 34.2 Å². The van der Waals surface area contributed by atoms with Gasteiger partial charge in [-0.3, -0.25) is 0 Å². The molecule has 4 nitrogen and oxygen atoms in total. The number of carboxylic acids is 1. The number of anilines is 1. The Morgan fingerprint density at radius 3 is 2.76 bits per heavy atom. The van der Waals surface area contributed by atoms with Gasteiger partial charge in [0.15, 0.2) is 0 Å². The number of carbonyl (C=O) groups is 1. The Labute approximate surface area is 127 Å². The number of fused-ring (bicyclic) bond motifs is 1. The average Bonchev–Trinajstić information content (AvgIpc) is 2.53. The summed E-state index contributed by atoms with van der Waals surface area (Å²) in [4.78, 5) is 13.4. The van der Waals surface area contributed by atoms with E-state index in [1.54, 1.807) is 17.8 Å². The van der Waals surface area contributed by atoms with Crippen LogP contribution < -0.4 is 4.90 Å². The fraction of sp³-hybridized carbons (Fsp3) is 0.250. The van der Waals surface area contributed by atoms with Crippen molar-refractivity contribution in [1.82, 2.24) is 0 Å². The monoisotopic (exact) mass is 298 g/mol. The van der Waals surface area contributed by atoms with E-state index in [9.17, 15) is 15.2 Å². The van der Waals surface area contributed by atoms with Gasteiger partial charge in [0.2, 0.25) is 0 Å². The molecule has 1 fully saturated rings. The van der Waals surface area contributed by atoms with Crippen LogP contribution in [-0.4, -0.2) is 35.2 Å². The SMILES string of the molecule is N#Cc1ccc(N2CCSCC2C(=O)O)c2ccccc12. The second-order valence-electron chi connectivity index (χ2n) is 4.91. The highest BCUT2D eigenvalue weighted by Gasteiger charge is 2.30. The Bertz CT molecular complexity index is 739. The second kappa shape index (κ2) is 5.66. The minimum Gasteiger partial charge on any atom is -0.480 e. The molecule has 0 bridgehead atoms. The first-order chi connectivity index (χ1) is 10.2. The molecule has 21 heavy (non-hydrogen) atoms. The van der Waals surface area contributed by atoms with Gasteiger partial charge in [0.25, 0.3) is 0 Å². The van der Waals surface area contributed by atoms with Gasteiger partial charge in [0.05, 0.1) is 11.6 Å². The van der Waals surface area contributed by atoms with Crippen LogP contribution in [0.15, 0.2) is 36.4 Å². The van der Waals surface area contributed by atoms with Gasteiger partial charge in [0, 0.05) is 34.5 Å². The standard InChI is InChI=1S/C16H14N2O2S/c17-9-11-5-6-14(13-4-2-1-3-12(11)13)18-7-8-21-10-15(18)16(19)20/h1-6,15H,7-8,10H2,(H,19,20). The van der Waals surface area contributed by atoms with E-state index in [0.717, 1.165) is 22.2 Å². The predicted molar refractivity (Wildman–Crippen MR) is 84.8 cm³/mol. The lowest BCUT2D eigenvalue weighted by Crippen LogP contribution is -2.47. The molecule has 5 heteroatoms. The molecule has 1 aliphatic heterocycles. The Balaban J connectivity index is 2.16. The number of nitrogens with zero attached hydrogens (tertiary/aromatic N) is 2. The summed E-state index contributed by atoms with van der Waals surface area (Å²) in [5, 5.41) is 20.5. The zero-order valence-electron chi connectivity index (χ0n) is 11.3. The first kappa shape index (κ1) is 13.8. The van der Waals surface area contributed by atoms with Crippen LogP contribution in [0.4, 0.5) is 5.69 Å². The molecule has 3 rings (SSSR count). The van der Waals surface area contributed by atoms with Gasteiger partial charge >= 0.3 is 5.97 Å². The van der Waals surface area contributed by atoms with Crippen LogP contribution in [0.5, 0.6) is 0 Å². The molecule has 1 heterocycles. The lowest BCUT2D eigenvalue weighted by Gasteiger charge is -2.35. The third-order valence-electron chi connectivity index (χ3n) is 3.74. The number of carboxylic acid groups (broad SMARTS) is 1. The maximum atomic E-state index is 11.5. The number of thioether (sulfide) groups is 1. The van der Waals surface area contributed by atoms with E-state index in [0.29, 0.717) is 17.9 Å². The molecule has 106 valence electrons. The van der Waals surface area contributed by atoms with Gasteiger partial charge in [0.1, 0.15) is 6.04 Å². The Morgan fingerprint density at radius 1 is 1.29 bits per heavy atom. The lowest BCUT2D eigenvalue weighted by atomic mass is 10.0. The highest BCUT2D eigenvalue weighted by atomic mass is 32.2. The van der Waals surface area contributed by atoms with Crippen molar-refractivity contribution in [3.05, 3.63) is 42.0 Å². The van der Waals surface area contributed by atoms with Gasteiger partial charge in [-0.1, -0.05) is 24.3 Å². The van der Waals surface area contributed by atoms with E-state index < -0.39 is 12.0 Å². The third-order valence-corrected chi connectivity index (χ3v) is 4.77. The molecule has 2 aromatic carbocycles. The molecular weight excluding hydrogens is 284 g/mol. The first-order valence-electron chi connectivity index (χ1n) is 6.71. The van der Waals surface area contributed by atoms with Crippen molar-refractivity contribution in [3.8, 4) is 6.07 Å². The molecule has 1 unspecified atom stereocenters. The Kier molecular flexibility index (Phi) is 3.72. The summed E-state index contributed by atoms with van der Waals surface area (Å²) in [5.74, 6) is 0.706. The molecule has 2 aromatic rings. The third kappa shape index (κ3) is 2.43. The van der Waals surface area contributed by atoms with E-state index in [4.69, 9.17) is 0 Å². The molecule has 0 radical (unpaired) electrons. The van der Waals surface area contributed by atoms with Crippen LogP contribution in [0.25, 0.3) is 10.8 Å². The van der Waals surface area contributed by atoms with Crippen molar-refractivity contribution in [1.29, 1.82) is 5.26 Å². The number of nitriles is 1. The van der Waals surface area contributed by atoms with Gasteiger partial charge in [-0.15, -0.1) is 0 Å². The van der Waals surface area contributed by atoms with E-state index in [-0.39, 0.29) is 0 Å². The number of aliphatic carboxylic acids is 1. The zero-order valence-corrected chi connectivity index (χ0v) is 12.1. The van der Waals surface area contributed by atoms with Crippen LogP contribution in [-0.2, 0) is 4.79 Å². The quantitative estimate of drug-likeness (QED) is 0.923. The Morgan fingerprint density at radius 2 is 2.05 bits per heavy atom. The molecule has 1 atom stereocenters. The van der Waals surface area contributed by atoms with Crippen molar-refractivity contribution in [3.63, 3.8) is 0 Å². The lowest BCUT2D eigenvalue weighted by molar-refractivity contribution is -0.138. The molecule has 1 N–H and O–H groups in total. The highest BCUT2D eigenvalue weighted by molar-refractivity contribution is 7.99. The fourth-order valence-electron chi connectivity index (χ4n) is 2.73. The zero-order chi connectivity index (χ0) is 14.8. The Hall–Kier alpha value is -2.19. The maximum Gasteiger partial charge on any atom is 0.327 e. The predicted octanol–water partition coefficient (Wildman–Crippen LogP) is 2.72. The molecule has 1 aliphatic rings. The van der Waals surface area contributed by atoms with Crippen molar-refractivity contribution in [2.45, 2.75) is 6.04 Å². The summed E-state index contributed by atoms with van der Waals surface area (Å²) >= 11 is 1.67. The van der Waals surface area contributed by atoms with Gasteiger partial charge in [-0.05, 0) is 12.1 Å². The normalized spacial score (nSPS) is 18.4. The summed E-state index contributed by atoms with van der Waals surface area (Å²) < 4.78 is 0. The number of hydrogen-bond donors (Lipinski definition) is 1. The summed E-state index contributed by atoms with van der Waals surface area (Å²) in [6, 6.07) is 13.0. The van der Waals surface area contributed by atoms with Gasteiger partial charge in [-0.25, -0.2) is 4.79 Å². The minimum atomic E-state index is -0.796. The topological polar surface area (TPSA) is 64.3 Å². The van der Waals surface area contributed by atoms with Crippen LogP contribution in [0, 0.1) is 11.3 Å². The van der Waals surface area contributed by atoms with E-state index in [1.165, 1.54) is 0 Å². The summed E-state index contributed by atoms with van der Waals surface area (Å²) in [7, 11) is 0. The largest absolute Gasteiger partial charge is 0.480 e. The van der Waals surface area contributed by atoms with Crippen LogP contribution in [0.1, 0.15) is 5.56 Å². The van der Waals surface area contributed by atoms with Crippen molar-refractivity contribution in [2.24, 2.45) is 0 Å². The molecule has 0 saturated carbocycles. The number of hydrogen-bond acceptors (Lipinski definition) is 4. The van der Waals surface area contributed by atoms with Crippen molar-refractivity contribution < 1.29 is 9.90 Å². The average molecular weight is 298 g/mol. The molecular formula is C16H14N2O2S. The van der Waals surface area contributed by atoms with E-state index in [2.05, 4.69) is 6.07 Å². The summed E-state index contributed by atoms with van der Waals surface area (Å²) in [6.45, 7) is 0.706. The van der Waals surface area contributed by atoms with Crippen molar-refractivity contribution in [2.75, 3.05) is 23.0 Å². The smallest absolute Gasteiger partial charge is 0.327 e. The van der Waals surface area contributed by atoms with E-state index in [1.807, 2.05) is 35.2 Å². The van der Waals surface area contributed by atoms with Gasteiger partial charge in [-0.2, -0.15) is 17.0 Å². The second-order valence-corrected chi connectivity index (χ2v) is 6.06. The fourth-order valence-corrected chi connectivity index (χ4v) is 3.77. The van der Waals surface area contributed by atoms with E-state index >= 15 is 0 Å². The summed E-state index contributed by atoms with van der Waals surface area (Å²) in [6.07, 6.45) is 0.